The summed E-state index contributed by atoms with van der Waals surface area (Å²) in [7, 11) is 1.46. The third-order valence-corrected chi connectivity index (χ3v) is 3.66. The van der Waals surface area contributed by atoms with Crippen LogP contribution in [-0.2, 0) is 15.1 Å². The summed E-state index contributed by atoms with van der Waals surface area (Å²) in [5.74, 6) is -0.175. The van der Waals surface area contributed by atoms with Crippen molar-refractivity contribution in [2.45, 2.75) is 25.3 Å². The van der Waals surface area contributed by atoms with E-state index in [4.69, 9.17) is 4.74 Å². The fraction of sp³-hybridized carbons (Fsp3) is 0.500. The van der Waals surface area contributed by atoms with Gasteiger partial charge in [0.05, 0.1) is 7.11 Å². The predicted octanol–water partition coefficient (Wildman–Crippen LogP) is 2.17. The minimum Gasteiger partial charge on any atom is -0.467 e. The minimum atomic E-state index is -0.646. The topological polar surface area (TPSA) is 29.5 Å². The van der Waals surface area contributed by atoms with E-state index >= 15 is 0 Å². The zero-order chi connectivity index (χ0) is 12.3. The number of benzene rings is 1. The van der Waals surface area contributed by atoms with Crippen LogP contribution in [0.3, 0.4) is 0 Å². The standard InChI is InChI=1S/C14H19NO2/c1-14(13(16)17-2,15-10-6-7-11-15)12-8-4-3-5-9-12/h3-5,8-9H,6-7,10-11H2,1-2H3/t14-/m0/s1. The number of ether oxygens (including phenoxy) is 1. The van der Waals surface area contributed by atoms with Gasteiger partial charge in [0.15, 0.2) is 0 Å². The average Bonchev–Trinajstić information content (AvgIpc) is 2.92. The number of methoxy groups -OCH3 is 1. The molecule has 1 saturated heterocycles. The number of nitrogens with zero attached hydrogens (tertiary/aromatic N) is 1. The summed E-state index contributed by atoms with van der Waals surface area (Å²) in [5.41, 5.74) is 0.362. The molecule has 1 fully saturated rings. The first-order chi connectivity index (χ1) is 8.19. The van der Waals surface area contributed by atoms with Crippen LogP contribution in [0.5, 0.6) is 0 Å². The zero-order valence-corrected chi connectivity index (χ0v) is 10.5. The lowest BCUT2D eigenvalue weighted by Gasteiger charge is -2.36. The molecular formula is C14H19NO2. The van der Waals surface area contributed by atoms with E-state index in [0.717, 1.165) is 31.5 Å². The number of hydrogen-bond donors (Lipinski definition) is 0. The first kappa shape index (κ1) is 12.1. The minimum absolute atomic E-state index is 0.175. The highest BCUT2D eigenvalue weighted by Crippen LogP contribution is 2.32. The summed E-state index contributed by atoms with van der Waals surface area (Å²) >= 11 is 0. The maximum Gasteiger partial charge on any atom is 0.330 e. The van der Waals surface area contributed by atoms with Gasteiger partial charge in [-0.05, 0) is 38.4 Å². The summed E-state index contributed by atoms with van der Waals surface area (Å²) in [6.07, 6.45) is 2.30. The van der Waals surface area contributed by atoms with Crippen molar-refractivity contribution in [2.75, 3.05) is 20.2 Å². The smallest absolute Gasteiger partial charge is 0.330 e. The number of esters is 1. The van der Waals surface area contributed by atoms with Gasteiger partial charge in [-0.1, -0.05) is 30.3 Å². The number of hydrogen-bond acceptors (Lipinski definition) is 3. The van der Waals surface area contributed by atoms with Gasteiger partial charge < -0.3 is 4.74 Å². The number of likely N-dealkylation sites (tertiary alicyclic amines) is 1. The maximum atomic E-state index is 12.2. The molecule has 1 aromatic carbocycles. The Morgan fingerprint density at radius 1 is 1.24 bits per heavy atom. The van der Waals surface area contributed by atoms with Crippen molar-refractivity contribution in [3.05, 3.63) is 35.9 Å². The highest BCUT2D eigenvalue weighted by atomic mass is 16.5. The summed E-state index contributed by atoms with van der Waals surface area (Å²) in [4.78, 5) is 14.4. The van der Waals surface area contributed by atoms with Crippen molar-refractivity contribution in [1.29, 1.82) is 0 Å². The van der Waals surface area contributed by atoms with Gasteiger partial charge in [-0.3, -0.25) is 4.90 Å². The largest absolute Gasteiger partial charge is 0.467 e. The van der Waals surface area contributed by atoms with Crippen LogP contribution < -0.4 is 0 Å². The molecular weight excluding hydrogens is 214 g/mol. The van der Waals surface area contributed by atoms with Crippen molar-refractivity contribution in [1.82, 2.24) is 4.90 Å². The second-order valence-electron chi connectivity index (χ2n) is 4.62. The van der Waals surface area contributed by atoms with Gasteiger partial charge in [0.2, 0.25) is 0 Å². The molecule has 0 bridgehead atoms. The summed E-state index contributed by atoms with van der Waals surface area (Å²) in [5, 5.41) is 0. The molecule has 1 aromatic rings. The van der Waals surface area contributed by atoms with Crippen LogP contribution in [0.15, 0.2) is 30.3 Å². The van der Waals surface area contributed by atoms with Gasteiger partial charge in [0.25, 0.3) is 0 Å². The third-order valence-electron chi connectivity index (χ3n) is 3.66. The van der Waals surface area contributed by atoms with Crippen LogP contribution in [0.4, 0.5) is 0 Å². The fourth-order valence-corrected chi connectivity index (χ4v) is 2.56. The van der Waals surface area contributed by atoms with Crippen molar-refractivity contribution in [3.8, 4) is 0 Å². The first-order valence-corrected chi connectivity index (χ1v) is 6.08. The Labute approximate surface area is 102 Å². The van der Waals surface area contributed by atoms with E-state index in [2.05, 4.69) is 4.90 Å². The molecule has 3 heteroatoms. The second kappa shape index (κ2) is 4.88. The molecule has 1 atom stereocenters. The molecule has 0 unspecified atom stereocenters. The first-order valence-electron chi connectivity index (χ1n) is 6.08. The quantitative estimate of drug-likeness (QED) is 0.749. The fourth-order valence-electron chi connectivity index (χ4n) is 2.56. The number of carbonyl (C=O) groups is 1. The lowest BCUT2D eigenvalue weighted by Crippen LogP contribution is -2.49. The summed E-state index contributed by atoms with van der Waals surface area (Å²) in [6, 6.07) is 9.88. The Morgan fingerprint density at radius 3 is 2.35 bits per heavy atom. The van der Waals surface area contributed by atoms with E-state index in [9.17, 15) is 4.79 Å². The monoisotopic (exact) mass is 233 g/mol. The van der Waals surface area contributed by atoms with Gasteiger partial charge in [0, 0.05) is 0 Å². The van der Waals surface area contributed by atoms with Gasteiger partial charge >= 0.3 is 5.97 Å². The molecule has 0 N–H and O–H groups in total. The highest BCUT2D eigenvalue weighted by molar-refractivity contribution is 5.82. The lowest BCUT2D eigenvalue weighted by molar-refractivity contribution is -0.154. The summed E-state index contributed by atoms with van der Waals surface area (Å²) < 4.78 is 5.00. The number of rotatable bonds is 3. The lowest BCUT2D eigenvalue weighted by atomic mass is 9.90. The molecule has 0 saturated carbocycles. The van der Waals surface area contributed by atoms with Crippen LogP contribution in [-0.4, -0.2) is 31.1 Å². The molecule has 3 nitrogen and oxygen atoms in total. The molecule has 0 spiro atoms. The van der Waals surface area contributed by atoms with Gasteiger partial charge in [-0.15, -0.1) is 0 Å². The van der Waals surface area contributed by atoms with Gasteiger partial charge in [-0.2, -0.15) is 0 Å². The molecule has 92 valence electrons. The average molecular weight is 233 g/mol. The Morgan fingerprint density at radius 2 is 1.82 bits per heavy atom. The Balaban J connectivity index is 2.39. The van der Waals surface area contributed by atoms with Crippen LogP contribution in [0.1, 0.15) is 25.3 Å². The Bertz CT molecular complexity index is 384. The Kier molecular flexibility index (Phi) is 3.48. The molecule has 0 aromatic heterocycles. The van der Waals surface area contributed by atoms with Crippen molar-refractivity contribution < 1.29 is 9.53 Å². The maximum absolute atomic E-state index is 12.2. The molecule has 2 rings (SSSR count). The van der Waals surface area contributed by atoms with Crippen LogP contribution in [0.25, 0.3) is 0 Å². The normalized spacial score (nSPS) is 19.9. The zero-order valence-electron chi connectivity index (χ0n) is 10.5. The van der Waals surface area contributed by atoms with Crippen molar-refractivity contribution in [2.24, 2.45) is 0 Å². The van der Waals surface area contributed by atoms with E-state index < -0.39 is 5.54 Å². The molecule has 1 heterocycles. The summed E-state index contributed by atoms with van der Waals surface area (Å²) in [6.45, 7) is 3.88. The SMILES string of the molecule is COC(=O)[C@](C)(c1ccccc1)N1CCCC1. The van der Waals surface area contributed by atoms with E-state index in [0.29, 0.717) is 0 Å². The molecule has 17 heavy (non-hydrogen) atoms. The van der Waals surface area contributed by atoms with Crippen molar-refractivity contribution in [3.63, 3.8) is 0 Å². The molecule has 1 aliphatic rings. The molecule has 0 aliphatic carbocycles. The van der Waals surface area contributed by atoms with E-state index in [-0.39, 0.29) is 5.97 Å². The van der Waals surface area contributed by atoms with Crippen LogP contribution >= 0.6 is 0 Å². The van der Waals surface area contributed by atoms with E-state index in [1.807, 2.05) is 37.3 Å². The number of carbonyl (C=O) groups excluding carboxylic acids is 1. The predicted molar refractivity (Wildman–Crippen MR) is 66.6 cm³/mol. The second-order valence-corrected chi connectivity index (χ2v) is 4.62. The van der Waals surface area contributed by atoms with E-state index in [1.54, 1.807) is 0 Å². The van der Waals surface area contributed by atoms with Gasteiger partial charge in [0.1, 0.15) is 5.54 Å². The molecule has 1 aliphatic heterocycles. The Hall–Kier alpha value is -1.35. The van der Waals surface area contributed by atoms with Crippen LogP contribution in [0.2, 0.25) is 0 Å². The van der Waals surface area contributed by atoms with E-state index in [1.165, 1.54) is 7.11 Å². The molecule has 0 radical (unpaired) electrons. The molecule has 0 amide bonds. The van der Waals surface area contributed by atoms with Gasteiger partial charge in [-0.25, -0.2) is 4.79 Å². The highest BCUT2D eigenvalue weighted by Gasteiger charge is 2.43. The van der Waals surface area contributed by atoms with Crippen LogP contribution in [0, 0.1) is 0 Å². The third kappa shape index (κ3) is 2.07. The van der Waals surface area contributed by atoms with Crippen molar-refractivity contribution >= 4 is 5.97 Å².